The van der Waals surface area contributed by atoms with Crippen molar-refractivity contribution in [2.24, 2.45) is 11.7 Å². The zero-order chi connectivity index (χ0) is 13.4. The Morgan fingerprint density at radius 3 is 2.79 bits per heavy atom. The molecule has 0 radical (unpaired) electrons. The number of fused-ring (bicyclic) bond motifs is 1. The predicted molar refractivity (Wildman–Crippen MR) is 69.4 cm³/mol. The molecule has 0 saturated heterocycles. The molecule has 1 aromatic carbocycles. The monoisotopic (exact) mass is 265 g/mol. The first kappa shape index (κ1) is 12.6. The fourth-order valence-corrected chi connectivity index (χ4v) is 2.61. The van der Waals surface area contributed by atoms with Crippen LogP contribution >= 0.6 is 0 Å². The van der Waals surface area contributed by atoms with Crippen LogP contribution in [0.15, 0.2) is 12.1 Å². The van der Waals surface area contributed by atoms with E-state index in [1.54, 1.807) is 7.11 Å². The molecule has 1 aromatic rings. The van der Waals surface area contributed by atoms with E-state index in [2.05, 4.69) is 0 Å². The van der Waals surface area contributed by atoms with E-state index in [4.69, 9.17) is 19.9 Å². The van der Waals surface area contributed by atoms with Crippen LogP contribution in [0.2, 0.25) is 0 Å². The van der Waals surface area contributed by atoms with Gasteiger partial charge in [-0.1, -0.05) is 6.42 Å². The highest BCUT2D eigenvalue weighted by atomic mass is 16.7. The smallest absolute Gasteiger partial charge is 0.231 e. The van der Waals surface area contributed by atoms with E-state index in [1.807, 2.05) is 12.1 Å². The van der Waals surface area contributed by atoms with Gasteiger partial charge in [0.25, 0.3) is 0 Å². The number of ether oxygens (including phenoxy) is 3. The van der Waals surface area contributed by atoms with Crippen molar-refractivity contribution in [2.45, 2.75) is 31.4 Å². The molecule has 0 unspecified atom stereocenters. The van der Waals surface area contributed by atoms with Gasteiger partial charge in [0, 0.05) is 0 Å². The van der Waals surface area contributed by atoms with Crippen molar-refractivity contribution in [2.75, 3.05) is 13.9 Å². The number of aliphatic hydroxyl groups is 1. The minimum absolute atomic E-state index is 0.190. The van der Waals surface area contributed by atoms with Crippen molar-refractivity contribution < 1.29 is 19.3 Å². The summed E-state index contributed by atoms with van der Waals surface area (Å²) in [4.78, 5) is 0. The molecule has 2 aliphatic rings. The predicted octanol–water partition coefficient (Wildman–Crippen LogP) is 1.58. The lowest BCUT2D eigenvalue weighted by atomic mass is 9.77. The van der Waals surface area contributed by atoms with Gasteiger partial charge in [0.1, 0.15) is 0 Å². The van der Waals surface area contributed by atoms with Crippen LogP contribution in [0.4, 0.5) is 0 Å². The second-order valence-corrected chi connectivity index (χ2v) is 5.16. The molecule has 1 fully saturated rings. The summed E-state index contributed by atoms with van der Waals surface area (Å²) in [6.45, 7) is 0.190. The third-order valence-corrected chi connectivity index (χ3v) is 4.07. The molecule has 1 heterocycles. The van der Waals surface area contributed by atoms with Gasteiger partial charge in [0.2, 0.25) is 12.5 Å². The summed E-state index contributed by atoms with van der Waals surface area (Å²) in [7, 11) is 1.58. The van der Waals surface area contributed by atoms with Gasteiger partial charge in [-0.15, -0.1) is 0 Å². The molecule has 1 aliphatic heterocycles. The molecule has 0 spiro atoms. The summed E-state index contributed by atoms with van der Waals surface area (Å²) >= 11 is 0. The van der Waals surface area contributed by atoms with Crippen LogP contribution < -0.4 is 19.9 Å². The molecule has 3 N–H and O–H groups in total. The topological polar surface area (TPSA) is 73.9 Å². The Kier molecular flexibility index (Phi) is 3.24. The molecule has 5 heteroatoms. The molecular weight excluding hydrogens is 246 g/mol. The van der Waals surface area contributed by atoms with Crippen LogP contribution in [-0.2, 0) is 0 Å². The summed E-state index contributed by atoms with van der Waals surface area (Å²) in [5.41, 5.74) is 6.98. The minimum atomic E-state index is -0.515. The quantitative estimate of drug-likeness (QED) is 0.864. The molecule has 3 rings (SSSR count). The Bertz CT molecular complexity index is 473. The Labute approximate surface area is 112 Å². The maximum Gasteiger partial charge on any atom is 0.231 e. The first-order chi connectivity index (χ1) is 9.20. The van der Waals surface area contributed by atoms with Crippen molar-refractivity contribution in [1.29, 1.82) is 0 Å². The van der Waals surface area contributed by atoms with Gasteiger partial charge in [-0.25, -0.2) is 0 Å². The average Bonchev–Trinajstić information content (AvgIpc) is 2.82. The standard InChI is InChI=1S/C14H19NO4/c1-17-10-5-9(6-11-14(10)19-7-18-11)12(15)13(16)8-3-2-4-8/h5-6,8,12-13,16H,2-4,7,15H2,1H3/t12-,13+/m0/s1. The van der Waals surface area contributed by atoms with E-state index in [0.717, 1.165) is 18.4 Å². The number of aliphatic hydroxyl groups excluding tert-OH is 1. The number of rotatable bonds is 4. The zero-order valence-electron chi connectivity index (χ0n) is 11.0. The van der Waals surface area contributed by atoms with Gasteiger partial charge < -0.3 is 25.1 Å². The average molecular weight is 265 g/mol. The second-order valence-electron chi connectivity index (χ2n) is 5.16. The van der Waals surface area contributed by atoms with E-state index in [1.165, 1.54) is 6.42 Å². The minimum Gasteiger partial charge on any atom is -0.493 e. The van der Waals surface area contributed by atoms with Crippen LogP contribution in [0, 0.1) is 5.92 Å². The lowest BCUT2D eigenvalue weighted by Crippen LogP contribution is -2.36. The molecule has 1 aliphatic carbocycles. The van der Waals surface area contributed by atoms with Gasteiger partial charge in [-0.3, -0.25) is 0 Å². The summed E-state index contributed by atoms with van der Waals surface area (Å²) in [6, 6.07) is 3.23. The van der Waals surface area contributed by atoms with E-state index in [-0.39, 0.29) is 6.79 Å². The van der Waals surface area contributed by atoms with Crippen LogP contribution in [0.5, 0.6) is 17.2 Å². The SMILES string of the molecule is COc1cc([C@H](N)[C@H](O)C2CCC2)cc2c1OCO2. The Hall–Kier alpha value is -1.46. The summed E-state index contributed by atoms with van der Waals surface area (Å²) in [6.07, 6.45) is 2.77. The van der Waals surface area contributed by atoms with Crippen molar-refractivity contribution in [1.82, 2.24) is 0 Å². The second kappa shape index (κ2) is 4.90. The van der Waals surface area contributed by atoms with E-state index < -0.39 is 12.1 Å². The molecule has 1 saturated carbocycles. The number of benzene rings is 1. The molecular formula is C14H19NO4. The van der Waals surface area contributed by atoms with Crippen LogP contribution in [0.25, 0.3) is 0 Å². The maximum absolute atomic E-state index is 10.3. The van der Waals surface area contributed by atoms with Crippen molar-refractivity contribution in [3.63, 3.8) is 0 Å². The number of nitrogens with two attached hydrogens (primary N) is 1. The molecule has 5 nitrogen and oxygen atoms in total. The third kappa shape index (κ3) is 2.13. The highest BCUT2D eigenvalue weighted by Gasteiger charge is 2.32. The van der Waals surface area contributed by atoms with E-state index in [0.29, 0.717) is 23.2 Å². The summed E-state index contributed by atoms with van der Waals surface area (Å²) in [5.74, 6) is 2.15. The molecule has 2 atom stereocenters. The Morgan fingerprint density at radius 1 is 1.37 bits per heavy atom. The lowest BCUT2D eigenvalue weighted by molar-refractivity contribution is 0.0413. The molecule has 0 amide bonds. The van der Waals surface area contributed by atoms with Crippen LogP contribution in [0.3, 0.4) is 0 Å². The molecule has 19 heavy (non-hydrogen) atoms. The Morgan fingerprint density at radius 2 is 2.16 bits per heavy atom. The van der Waals surface area contributed by atoms with Gasteiger partial charge in [0.15, 0.2) is 11.5 Å². The molecule has 0 bridgehead atoms. The van der Waals surface area contributed by atoms with Gasteiger partial charge in [-0.2, -0.15) is 0 Å². The van der Waals surface area contributed by atoms with Crippen LogP contribution in [-0.4, -0.2) is 25.1 Å². The van der Waals surface area contributed by atoms with Gasteiger partial charge in [0.05, 0.1) is 19.3 Å². The van der Waals surface area contributed by atoms with Crippen molar-refractivity contribution >= 4 is 0 Å². The number of hydrogen-bond donors (Lipinski definition) is 2. The highest BCUT2D eigenvalue weighted by Crippen LogP contribution is 2.44. The fraction of sp³-hybridized carbons (Fsp3) is 0.571. The normalized spacial score (nSPS) is 20.8. The summed E-state index contributed by atoms with van der Waals surface area (Å²) in [5, 5.41) is 10.3. The Balaban J connectivity index is 1.87. The fourth-order valence-electron chi connectivity index (χ4n) is 2.61. The van der Waals surface area contributed by atoms with E-state index >= 15 is 0 Å². The first-order valence-electron chi connectivity index (χ1n) is 6.62. The van der Waals surface area contributed by atoms with Crippen LogP contribution in [0.1, 0.15) is 30.9 Å². The number of hydrogen-bond acceptors (Lipinski definition) is 5. The highest BCUT2D eigenvalue weighted by molar-refractivity contribution is 5.55. The first-order valence-corrected chi connectivity index (χ1v) is 6.62. The largest absolute Gasteiger partial charge is 0.493 e. The third-order valence-electron chi connectivity index (χ3n) is 4.07. The van der Waals surface area contributed by atoms with Crippen molar-refractivity contribution in [3.8, 4) is 17.2 Å². The van der Waals surface area contributed by atoms with E-state index in [9.17, 15) is 5.11 Å². The maximum atomic E-state index is 10.3. The zero-order valence-corrected chi connectivity index (χ0v) is 11.0. The molecule has 104 valence electrons. The van der Waals surface area contributed by atoms with Gasteiger partial charge in [-0.05, 0) is 36.5 Å². The molecule has 0 aromatic heterocycles. The van der Waals surface area contributed by atoms with Gasteiger partial charge >= 0.3 is 0 Å². The summed E-state index contributed by atoms with van der Waals surface area (Å²) < 4.78 is 16.0. The van der Waals surface area contributed by atoms with Crippen molar-refractivity contribution in [3.05, 3.63) is 17.7 Å². The number of methoxy groups -OCH3 is 1. The lowest BCUT2D eigenvalue weighted by Gasteiger charge is -2.33.